The van der Waals surface area contributed by atoms with E-state index >= 15 is 0 Å². The first-order chi connectivity index (χ1) is 10.0. The predicted molar refractivity (Wildman–Crippen MR) is 96.6 cm³/mol. The lowest BCUT2D eigenvalue weighted by Crippen LogP contribution is -2.50. The molecule has 1 saturated carbocycles. The SMILES string of the molecule is CC1(C)CN(CCNC(=O)C2CC23CCNCC3)CCO1.Cl.Cl. The molecule has 1 unspecified atom stereocenters. The molecule has 0 radical (unpaired) electrons. The number of nitrogens with zero attached hydrogens (tertiary/aromatic N) is 1. The summed E-state index contributed by atoms with van der Waals surface area (Å²) in [6, 6.07) is 0. The van der Waals surface area contributed by atoms with Gasteiger partial charge in [-0.15, -0.1) is 24.8 Å². The van der Waals surface area contributed by atoms with Crippen LogP contribution in [-0.4, -0.2) is 62.3 Å². The minimum absolute atomic E-state index is 0. The molecule has 7 heteroatoms. The fraction of sp³-hybridized carbons (Fsp3) is 0.938. The minimum Gasteiger partial charge on any atom is -0.373 e. The summed E-state index contributed by atoms with van der Waals surface area (Å²) < 4.78 is 5.71. The van der Waals surface area contributed by atoms with Crippen molar-refractivity contribution in [2.24, 2.45) is 11.3 Å². The Kier molecular flexibility index (Phi) is 7.61. The summed E-state index contributed by atoms with van der Waals surface area (Å²) >= 11 is 0. The van der Waals surface area contributed by atoms with Gasteiger partial charge in [-0.25, -0.2) is 0 Å². The van der Waals surface area contributed by atoms with Gasteiger partial charge < -0.3 is 15.4 Å². The van der Waals surface area contributed by atoms with Gasteiger partial charge in [0.1, 0.15) is 0 Å². The Bertz CT molecular complexity index is 401. The number of morpholine rings is 1. The molecule has 0 aromatic rings. The maximum atomic E-state index is 12.3. The summed E-state index contributed by atoms with van der Waals surface area (Å²) in [7, 11) is 0. The van der Waals surface area contributed by atoms with Gasteiger partial charge in [0, 0.05) is 32.1 Å². The minimum atomic E-state index is -0.0576. The van der Waals surface area contributed by atoms with Crippen LogP contribution in [0.1, 0.15) is 33.1 Å². The maximum absolute atomic E-state index is 12.3. The van der Waals surface area contributed by atoms with Crippen molar-refractivity contribution >= 4 is 30.7 Å². The summed E-state index contributed by atoms with van der Waals surface area (Å²) in [6.07, 6.45) is 3.44. The molecule has 2 heterocycles. The number of carbonyl (C=O) groups is 1. The summed E-state index contributed by atoms with van der Waals surface area (Å²) in [4.78, 5) is 14.7. The molecule has 0 bridgehead atoms. The second kappa shape index (κ2) is 8.34. The predicted octanol–water partition coefficient (Wildman–Crippen LogP) is 1.45. The molecule has 3 aliphatic rings. The molecule has 23 heavy (non-hydrogen) atoms. The van der Waals surface area contributed by atoms with Crippen LogP contribution in [0.15, 0.2) is 0 Å². The fourth-order valence-corrected chi connectivity index (χ4v) is 3.96. The van der Waals surface area contributed by atoms with Crippen LogP contribution in [0.25, 0.3) is 0 Å². The molecule has 1 spiro atoms. The molecule has 2 aliphatic heterocycles. The molecule has 136 valence electrons. The number of carbonyl (C=O) groups excluding carboxylic acids is 1. The van der Waals surface area contributed by atoms with E-state index in [-0.39, 0.29) is 42.2 Å². The number of nitrogens with one attached hydrogen (secondary N) is 2. The van der Waals surface area contributed by atoms with E-state index in [1.807, 2.05) is 0 Å². The second-order valence-electron chi connectivity index (χ2n) is 7.54. The smallest absolute Gasteiger partial charge is 0.223 e. The van der Waals surface area contributed by atoms with Crippen LogP contribution >= 0.6 is 24.8 Å². The number of halogens is 2. The van der Waals surface area contributed by atoms with E-state index in [2.05, 4.69) is 29.4 Å². The number of rotatable bonds is 4. The molecule has 0 aromatic heterocycles. The van der Waals surface area contributed by atoms with Gasteiger partial charge in [-0.1, -0.05) is 0 Å². The van der Waals surface area contributed by atoms with E-state index in [4.69, 9.17) is 4.74 Å². The molecule has 1 aliphatic carbocycles. The maximum Gasteiger partial charge on any atom is 0.223 e. The van der Waals surface area contributed by atoms with Crippen molar-refractivity contribution < 1.29 is 9.53 Å². The highest BCUT2D eigenvalue weighted by molar-refractivity contribution is 5.85. The van der Waals surface area contributed by atoms with Crippen LogP contribution in [0.3, 0.4) is 0 Å². The van der Waals surface area contributed by atoms with Gasteiger partial charge in [-0.05, 0) is 51.6 Å². The Morgan fingerprint density at radius 3 is 2.65 bits per heavy atom. The van der Waals surface area contributed by atoms with Crippen molar-refractivity contribution in [3.63, 3.8) is 0 Å². The topological polar surface area (TPSA) is 53.6 Å². The summed E-state index contributed by atoms with van der Waals surface area (Å²) in [5.41, 5.74) is 0.286. The van der Waals surface area contributed by atoms with Gasteiger partial charge in [0.15, 0.2) is 0 Å². The molecule has 3 fully saturated rings. The molecular weight excluding hydrogens is 337 g/mol. The van der Waals surface area contributed by atoms with Gasteiger partial charge in [0.25, 0.3) is 0 Å². The number of amides is 1. The van der Waals surface area contributed by atoms with Crippen LogP contribution in [0.5, 0.6) is 0 Å². The highest BCUT2D eigenvalue weighted by Crippen LogP contribution is 2.58. The third-order valence-electron chi connectivity index (χ3n) is 5.34. The zero-order valence-corrected chi connectivity index (χ0v) is 15.9. The third-order valence-corrected chi connectivity index (χ3v) is 5.34. The molecule has 2 saturated heterocycles. The zero-order chi connectivity index (χ0) is 14.9. The van der Waals surface area contributed by atoms with Crippen molar-refractivity contribution in [1.29, 1.82) is 0 Å². The fourth-order valence-electron chi connectivity index (χ4n) is 3.96. The number of hydrogen-bond donors (Lipinski definition) is 2. The van der Waals surface area contributed by atoms with E-state index in [9.17, 15) is 4.79 Å². The molecule has 3 rings (SSSR count). The first kappa shape index (κ1) is 21.0. The van der Waals surface area contributed by atoms with E-state index in [0.717, 1.165) is 52.3 Å². The van der Waals surface area contributed by atoms with Crippen molar-refractivity contribution in [3.8, 4) is 0 Å². The van der Waals surface area contributed by atoms with E-state index in [0.29, 0.717) is 5.41 Å². The Morgan fingerprint density at radius 1 is 1.30 bits per heavy atom. The molecule has 0 aromatic carbocycles. The van der Waals surface area contributed by atoms with Gasteiger partial charge >= 0.3 is 0 Å². The van der Waals surface area contributed by atoms with Gasteiger partial charge in [0.2, 0.25) is 5.91 Å². The van der Waals surface area contributed by atoms with Gasteiger partial charge in [0.05, 0.1) is 12.2 Å². The highest BCUT2D eigenvalue weighted by Gasteiger charge is 2.57. The number of piperidine rings is 1. The Labute approximate surface area is 152 Å². The monoisotopic (exact) mass is 367 g/mol. The largest absolute Gasteiger partial charge is 0.373 e. The molecule has 5 nitrogen and oxygen atoms in total. The van der Waals surface area contributed by atoms with Crippen LogP contribution in [-0.2, 0) is 9.53 Å². The lowest BCUT2D eigenvalue weighted by atomic mass is 9.92. The van der Waals surface area contributed by atoms with Gasteiger partial charge in [-0.2, -0.15) is 0 Å². The van der Waals surface area contributed by atoms with Crippen LogP contribution in [0.2, 0.25) is 0 Å². The van der Waals surface area contributed by atoms with E-state index < -0.39 is 0 Å². The van der Waals surface area contributed by atoms with E-state index in [1.54, 1.807) is 0 Å². The van der Waals surface area contributed by atoms with Gasteiger partial charge in [-0.3, -0.25) is 9.69 Å². The lowest BCUT2D eigenvalue weighted by molar-refractivity contribution is -0.123. The zero-order valence-electron chi connectivity index (χ0n) is 14.2. The average molecular weight is 368 g/mol. The van der Waals surface area contributed by atoms with Crippen molar-refractivity contribution in [2.45, 2.75) is 38.7 Å². The Morgan fingerprint density at radius 2 is 2.00 bits per heavy atom. The normalized spacial score (nSPS) is 28.3. The summed E-state index contributed by atoms with van der Waals surface area (Å²) in [5.74, 6) is 0.560. The van der Waals surface area contributed by atoms with Crippen LogP contribution < -0.4 is 10.6 Å². The van der Waals surface area contributed by atoms with Crippen molar-refractivity contribution in [2.75, 3.05) is 45.9 Å². The second-order valence-corrected chi connectivity index (χ2v) is 7.54. The first-order valence-corrected chi connectivity index (χ1v) is 8.36. The Balaban J connectivity index is 0.00000132. The quantitative estimate of drug-likeness (QED) is 0.789. The average Bonchev–Trinajstić information content (AvgIpc) is 3.12. The molecular formula is C16H31Cl2N3O2. The Hall–Kier alpha value is -0.0700. The summed E-state index contributed by atoms with van der Waals surface area (Å²) in [5, 5.41) is 6.53. The van der Waals surface area contributed by atoms with Crippen LogP contribution in [0, 0.1) is 11.3 Å². The highest BCUT2D eigenvalue weighted by atomic mass is 35.5. The first-order valence-electron chi connectivity index (χ1n) is 8.36. The van der Waals surface area contributed by atoms with Crippen molar-refractivity contribution in [1.82, 2.24) is 15.5 Å². The number of ether oxygens (including phenoxy) is 1. The molecule has 1 atom stereocenters. The number of hydrogen-bond acceptors (Lipinski definition) is 4. The lowest BCUT2D eigenvalue weighted by Gasteiger charge is -2.38. The van der Waals surface area contributed by atoms with Crippen LogP contribution in [0.4, 0.5) is 0 Å². The molecule has 2 N–H and O–H groups in total. The molecule has 1 amide bonds. The third kappa shape index (κ3) is 5.20. The van der Waals surface area contributed by atoms with E-state index in [1.165, 1.54) is 12.8 Å². The standard InChI is InChI=1S/C16H29N3O2.2ClH/c1-15(2)12-19(9-10-21-15)8-7-18-14(20)13-11-16(13)3-5-17-6-4-16;;/h13,17H,3-12H2,1-2H3,(H,18,20);2*1H. The summed E-state index contributed by atoms with van der Waals surface area (Å²) in [6.45, 7) is 10.8. The van der Waals surface area contributed by atoms with Crippen molar-refractivity contribution in [3.05, 3.63) is 0 Å².